The minimum Gasteiger partial charge on any atom is -0.501 e. The van der Waals surface area contributed by atoms with E-state index in [1.54, 1.807) is 12.3 Å². The molecule has 3 nitrogen and oxygen atoms in total. The maximum absolute atomic E-state index is 8.44. The molecule has 0 aliphatic rings. The van der Waals surface area contributed by atoms with E-state index >= 15 is 0 Å². The zero-order chi connectivity index (χ0) is 39.5. The van der Waals surface area contributed by atoms with Crippen molar-refractivity contribution >= 4 is 56.7 Å². The largest absolute Gasteiger partial charge is 0.501 e. The minimum atomic E-state index is -2.30. The first kappa shape index (κ1) is 32.3. The fourth-order valence-electron chi connectivity index (χ4n) is 6.71. The summed E-state index contributed by atoms with van der Waals surface area (Å²) in [7, 11) is -1.50. The number of hydrogen-bond acceptors (Lipinski definition) is 3. The number of fused-ring (bicyclic) bond motifs is 6. The molecule has 1 radical (unpaired) electrons. The third-order valence-electron chi connectivity index (χ3n) is 9.53. The van der Waals surface area contributed by atoms with E-state index in [4.69, 9.17) is 9.90 Å². The minimum absolute atomic E-state index is 0. The summed E-state index contributed by atoms with van der Waals surface area (Å²) < 4.78 is 39.4. The van der Waals surface area contributed by atoms with Crippen molar-refractivity contribution in [3.63, 3.8) is 0 Å². The van der Waals surface area contributed by atoms with Crippen LogP contribution in [0.25, 0.3) is 66.0 Å². The molecule has 0 spiro atoms. The molecule has 0 unspecified atom stereocenters. The molecule has 265 valence electrons. The maximum Gasteiger partial charge on any atom is 0.121 e. The number of nitrogens with zero attached hydrogens (tertiary/aromatic N) is 2. The summed E-state index contributed by atoms with van der Waals surface area (Å²) in [6.07, 6.45) is 3.77. The Labute approximate surface area is 328 Å². The maximum atomic E-state index is 8.44. The van der Waals surface area contributed by atoms with Gasteiger partial charge in [-0.3, -0.25) is 0 Å². The van der Waals surface area contributed by atoms with Gasteiger partial charge in [0.2, 0.25) is 0 Å². The Morgan fingerprint density at radius 3 is 2.29 bits per heavy atom. The van der Waals surface area contributed by atoms with Crippen molar-refractivity contribution in [2.75, 3.05) is 0 Å². The zero-order valence-corrected chi connectivity index (χ0v) is 34.4. The van der Waals surface area contributed by atoms with E-state index in [1.165, 1.54) is 5.19 Å². The molecule has 5 aromatic carbocycles. The van der Waals surface area contributed by atoms with Gasteiger partial charge >= 0.3 is 0 Å². The Kier molecular flexibility index (Phi) is 9.02. The second kappa shape index (κ2) is 14.5. The summed E-state index contributed by atoms with van der Waals surface area (Å²) in [6, 6.07) is 38.4. The summed E-state index contributed by atoms with van der Waals surface area (Å²) in [5.41, 5.74) is 6.86. The molecule has 0 atom stereocenters. The predicted molar refractivity (Wildman–Crippen MR) is 220 cm³/mol. The Bertz CT molecular complexity index is 2700. The van der Waals surface area contributed by atoms with Crippen molar-refractivity contribution in [3.05, 3.63) is 138 Å². The first-order valence-corrected chi connectivity index (χ1v) is 21.0. The van der Waals surface area contributed by atoms with Crippen LogP contribution in [0, 0.1) is 19.0 Å². The van der Waals surface area contributed by atoms with Gasteiger partial charge in [-0.15, -0.1) is 53.6 Å². The van der Waals surface area contributed by atoms with Crippen molar-refractivity contribution < 1.29 is 30.0 Å². The molecule has 5 heteroatoms. The third kappa shape index (κ3) is 7.28. The zero-order valence-electron chi connectivity index (χ0n) is 35.0. The van der Waals surface area contributed by atoms with Crippen molar-refractivity contribution in [1.82, 2.24) is 9.97 Å². The van der Waals surface area contributed by atoms with Crippen LogP contribution in [0.3, 0.4) is 0 Å². The Hall–Kier alpha value is -4.41. The van der Waals surface area contributed by atoms with Gasteiger partial charge in [0.15, 0.2) is 0 Å². The van der Waals surface area contributed by atoms with Gasteiger partial charge in [0.05, 0.1) is 13.7 Å². The van der Waals surface area contributed by atoms with Gasteiger partial charge in [0.25, 0.3) is 0 Å². The van der Waals surface area contributed by atoms with Crippen LogP contribution in [0.15, 0.2) is 114 Å². The topological polar surface area (TPSA) is 38.9 Å². The number of aryl methyl sites for hydroxylation is 1. The average Bonchev–Trinajstić information content (AvgIpc) is 3.51. The van der Waals surface area contributed by atoms with E-state index in [0.29, 0.717) is 27.8 Å². The van der Waals surface area contributed by atoms with Crippen LogP contribution in [-0.2, 0) is 25.5 Å². The van der Waals surface area contributed by atoms with Gasteiger partial charge in [-0.25, -0.2) is 0 Å². The van der Waals surface area contributed by atoms with E-state index in [2.05, 4.69) is 92.8 Å². The molecule has 0 aliphatic heterocycles. The van der Waals surface area contributed by atoms with Crippen LogP contribution >= 0.6 is 0 Å². The number of benzene rings is 5. The molecular formula is C47H46IrN2OSi-2. The monoisotopic (exact) mass is 879 g/mol. The van der Waals surface area contributed by atoms with Gasteiger partial charge < -0.3 is 14.4 Å². The Balaban J connectivity index is 0.000000217. The molecule has 0 fully saturated rings. The van der Waals surface area contributed by atoms with Crippen LogP contribution < -0.4 is 5.19 Å². The molecule has 0 aliphatic carbocycles. The van der Waals surface area contributed by atoms with Crippen molar-refractivity contribution in [1.29, 1.82) is 0 Å². The average molecular weight is 879 g/mol. The third-order valence-corrected chi connectivity index (χ3v) is 11.5. The van der Waals surface area contributed by atoms with E-state index in [9.17, 15) is 0 Å². The molecule has 0 N–H and O–H groups in total. The molecule has 0 saturated heterocycles. The molecule has 8 rings (SSSR count). The van der Waals surface area contributed by atoms with Crippen LogP contribution in [0.4, 0.5) is 0 Å². The van der Waals surface area contributed by atoms with E-state index in [-0.39, 0.29) is 31.1 Å². The van der Waals surface area contributed by atoms with Gasteiger partial charge in [-0.2, -0.15) is 0 Å². The molecule has 3 heterocycles. The fourth-order valence-corrected chi connectivity index (χ4v) is 8.30. The van der Waals surface area contributed by atoms with Crippen LogP contribution in [0.1, 0.15) is 62.7 Å². The number of aromatic nitrogens is 2. The first-order chi connectivity index (χ1) is 25.8. The van der Waals surface area contributed by atoms with E-state index in [0.717, 1.165) is 49.3 Å². The predicted octanol–water partition coefficient (Wildman–Crippen LogP) is 12.6. The second-order valence-electron chi connectivity index (χ2n) is 15.6. The summed E-state index contributed by atoms with van der Waals surface area (Å²) >= 11 is 0. The van der Waals surface area contributed by atoms with Crippen LogP contribution in [-0.4, -0.2) is 18.0 Å². The van der Waals surface area contributed by atoms with Crippen molar-refractivity contribution in [3.8, 4) is 22.5 Å². The number of hydrogen-bond donors (Lipinski definition) is 0. The summed E-state index contributed by atoms with van der Waals surface area (Å²) in [5.74, 6) is -0.609. The van der Waals surface area contributed by atoms with E-state index < -0.39 is 20.8 Å². The normalized spacial score (nSPS) is 13.5. The van der Waals surface area contributed by atoms with Crippen molar-refractivity contribution in [2.45, 2.75) is 72.4 Å². The Morgan fingerprint density at radius 1 is 0.808 bits per heavy atom. The first-order valence-electron chi connectivity index (χ1n) is 19.5. The molecule has 3 aromatic heterocycles. The molecular weight excluding hydrogens is 829 g/mol. The Morgan fingerprint density at radius 2 is 1.58 bits per heavy atom. The fraction of sp³-hybridized carbons (Fsp3) is 0.234. The number of pyridine rings is 2. The standard InChI is InChI=1S/C30H24NO.C17H22NSi.Ir/c1-18-9-12-23(26-16-21(13-14-31-26)30(2,3)4)29-28(18)25-15-20-11-10-19-7-5-6-8-22(19)24(20)17-27(25)32-29;1-13(2)15-11-16(14-9-7-6-8-10-14)18-12-17(15)19(3,4)5;/h5-11,13-17H,1-4H3;6-9,11-13H,1-5H3;/q2*-1;/i1D3;13D;. The SMILES string of the molecule is [2H]C(C)(C)c1cc(-c2[c-]cccc2)ncc1[Si](C)(C)C.[2H]C([2H])([2H])c1c[c-]c(-c2cc(C(C)(C)C)ccn2)c2oc3cc4c(ccc5ccccc54)cc3c12.[Ir]. The van der Waals surface area contributed by atoms with Crippen molar-refractivity contribution in [2.24, 2.45) is 0 Å². The number of furan rings is 1. The molecule has 0 bridgehead atoms. The molecule has 0 saturated carbocycles. The summed E-state index contributed by atoms with van der Waals surface area (Å²) in [4.78, 5) is 9.21. The van der Waals surface area contributed by atoms with E-state index in [1.807, 2.05) is 80.7 Å². The van der Waals surface area contributed by atoms with Gasteiger partial charge in [-0.05, 0) is 73.2 Å². The van der Waals surface area contributed by atoms with Gasteiger partial charge in [0.1, 0.15) is 5.58 Å². The molecule has 52 heavy (non-hydrogen) atoms. The van der Waals surface area contributed by atoms with Gasteiger partial charge in [-0.1, -0.05) is 126 Å². The quantitative estimate of drug-likeness (QED) is 0.100. The van der Waals surface area contributed by atoms with Crippen LogP contribution in [0.2, 0.25) is 19.6 Å². The smallest absolute Gasteiger partial charge is 0.121 e. The molecule has 8 aromatic rings. The molecule has 0 amide bonds. The number of rotatable bonds is 4. The van der Waals surface area contributed by atoms with Gasteiger partial charge in [0, 0.05) is 43.4 Å². The second-order valence-corrected chi connectivity index (χ2v) is 20.6. The summed E-state index contributed by atoms with van der Waals surface area (Å²) in [5, 5.41) is 7.06. The van der Waals surface area contributed by atoms with Crippen LogP contribution in [0.5, 0.6) is 0 Å². The summed E-state index contributed by atoms with van der Waals surface area (Å²) in [6.45, 7) is 15.0.